The second-order valence-corrected chi connectivity index (χ2v) is 7.92. The van der Waals surface area contributed by atoms with E-state index in [0.717, 1.165) is 30.8 Å². The SMILES string of the molecule is CC(C)(C)OC(=O)N1CCC[C@H](NCc2cnc(Cl)s2)C1. The summed E-state index contributed by atoms with van der Waals surface area (Å²) in [6, 6.07) is 0.284. The van der Waals surface area contributed by atoms with Gasteiger partial charge >= 0.3 is 6.09 Å². The van der Waals surface area contributed by atoms with Gasteiger partial charge < -0.3 is 15.0 Å². The van der Waals surface area contributed by atoms with Crippen LogP contribution in [0, 0.1) is 0 Å². The molecule has 0 unspecified atom stereocenters. The van der Waals surface area contributed by atoms with E-state index in [2.05, 4.69) is 10.3 Å². The van der Waals surface area contributed by atoms with Crippen LogP contribution in [0.5, 0.6) is 0 Å². The maximum Gasteiger partial charge on any atom is 0.410 e. The number of amides is 1. The molecule has 1 aromatic rings. The third-order valence-electron chi connectivity index (χ3n) is 3.16. The van der Waals surface area contributed by atoms with E-state index in [1.807, 2.05) is 20.8 Å². The minimum Gasteiger partial charge on any atom is -0.444 e. The van der Waals surface area contributed by atoms with E-state index >= 15 is 0 Å². The van der Waals surface area contributed by atoms with Crippen LogP contribution in [0.1, 0.15) is 38.5 Å². The highest BCUT2D eigenvalue weighted by molar-refractivity contribution is 7.15. The van der Waals surface area contributed by atoms with Gasteiger partial charge in [0.1, 0.15) is 5.60 Å². The molecule has 0 saturated carbocycles. The van der Waals surface area contributed by atoms with Crippen LogP contribution in [0.3, 0.4) is 0 Å². The largest absolute Gasteiger partial charge is 0.444 e. The van der Waals surface area contributed by atoms with Crippen molar-refractivity contribution in [2.24, 2.45) is 0 Å². The first-order chi connectivity index (χ1) is 9.83. The van der Waals surface area contributed by atoms with E-state index in [9.17, 15) is 4.79 Å². The fourth-order valence-electron chi connectivity index (χ4n) is 2.25. The number of hydrogen-bond donors (Lipinski definition) is 1. The van der Waals surface area contributed by atoms with Gasteiger partial charge in [-0.15, -0.1) is 11.3 Å². The van der Waals surface area contributed by atoms with Gasteiger partial charge in [0.2, 0.25) is 0 Å². The molecule has 21 heavy (non-hydrogen) atoms. The summed E-state index contributed by atoms with van der Waals surface area (Å²) < 4.78 is 5.99. The second kappa shape index (κ2) is 6.94. The van der Waals surface area contributed by atoms with Crippen molar-refractivity contribution < 1.29 is 9.53 Å². The zero-order valence-corrected chi connectivity index (χ0v) is 14.3. The minimum absolute atomic E-state index is 0.227. The van der Waals surface area contributed by atoms with E-state index in [1.165, 1.54) is 11.3 Å². The minimum atomic E-state index is -0.448. The summed E-state index contributed by atoms with van der Waals surface area (Å²) in [5.41, 5.74) is -0.448. The van der Waals surface area contributed by atoms with Gasteiger partial charge in [-0.25, -0.2) is 9.78 Å². The van der Waals surface area contributed by atoms with Crippen molar-refractivity contribution in [3.05, 3.63) is 15.5 Å². The molecule has 5 nitrogen and oxygen atoms in total. The van der Waals surface area contributed by atoms with E-state index in [1.54, 1.807) is 11.1 Å². The van der Waals surface area contributed by atoms with Gasteiger partial charge in [-0.2, -0.15) is 0 Å². The van der Waals surface area contributed by atoms with Crippen LogP contribution < -0.4 is 5.32 Å². The molecular weight excluding hydrogens is 310 g/mol. The number of thiazole rings is 1. The Bertz CT molecular complexity index is 487. The van der Waals surface area contributed by atoms with E-state index in [4.69, 9.17) is 16.3 Å². The molecular formula is C14H22ClN3O2S. The van der Waals surface area contributed by atoms with Crippen LogP contribution in [0.25, 0.3) is 0 Å². The average molecular weight is 332 g/mol. The Morgan fingerprint density at radius 1 is 1.62 bits per heavy atom. The highest BCUT2D eigenvalue weighted by Crippen LogP contribution is 2.19. The third kappa shape index (κ3) is 5.45. The van der Waals surface area contributed by atoms with Crippen molar-refractivity contribution >= 4 is 29.0 Å². The van der Waals surface area contributed by atoms with Crippen molar-refractivity contribution in [2.75, 3.05) is 13.1 Å². The number of halogens is 1. The average Bonchev–Trinajstić information content (AvgIpc) is 2.81. The Morgan fingerprint density at radius 2 is 2.38 bits per heavy atom. The molecule has 0 bridgehead atoms. The molecule has 1 N–H and O–H groups in total. The van der Waals surface area contributed by atoms with E-state index in [-0.39, 0.29) is 12.1 Å². The van der Waals surface area contributed by atoms with Crippen molar-refractivity contribution in [1.82, 2.24) is 15.2 Å². The number of aromatic nitrogens is 1. The van der Waals surface area contributed by atoms with Crippen LogP contribution in [0.4, 0.5) is 4.79 Å². The van der Waals surface area contributed by atoms with Gasteiger partial charge in [0.05, 0.1) is 0 Å². The van der Waals surface area contributed by atoms with E-state index < -0.39 is 5.60 Å². The molecule has 0 spiro atoms. The summed E-state index contributed by atoms with van der Waals surface area (Å²) in [5.74, 6) is 0. The number of rotatable bonds is 3. The molecule has 118 valence electrons. The predicted molar refractivity (Wildman–Crippen MR) is 84.8 cm³/mol. The number of nitrogens with one attached hydrogen (secondary N) is 1. The number of piperidine rings is 1. The van der Waals surface area contributed by atoms with Crippen LogP contribution in [0.15, 0.2) is 6.20 Å². The number of hydrogen-bond acceptors (Lipinski definition) is 5. The number of ether oxygens (including phenoxy) is 1. The molecule has 0 radical (unpaired) electrons. The molecule has 1 fully saturated rings. The molecule has 1 atom stereocenters. The normalized spacial score (nSPS) is 19.6. The maximum atomic E-state index is 12.1. The first-order valence-electron chi connectivity index (χ1n) is 7.15. The molecule has 1 saturated heterocycles. The highest BCUT2D eigenvalue weighted by atomic mass is 35.5. The predicted octanol–water partition coefficient (Wildman–Crippen LogP) is 3.29. The first-order valence-corrected chi connectivity index (χ1v) is 8.34. The van der Waals surface area contributed by atoms with Gasteiger partial charge in [-0.3, -0.25) is 0 Å². The van der Waals surface area contributed by atoms with Crippen LogP contribution in [-0.2, 0) is 11.3 Å². The van der Waals surface area contributed by atoms with Gasteiger partial charge in [-0.1, -0.05) is 11.6 Å². The lowest BCUT2D eigenvalue weighted by molar-refractivity contribution is 0.0187. The Hall–Kier alpha value is -0.850. The Labute approximate surface area is 134 Å². The summed E-state index contributed by atoms with van der Waals surface area (Å²) in [6.45, 7) is 7.84. The summed E-state index contributed by atoms with van der Waals surface area (Å²) >= 11 is 7.30. The Balaban J connectivity index is 1.81. The summed E-state index contributed by atoms with van der Waals surface area (Å²) in [4.78, 5) is 19.0. The molecule has 1 amide bonds. The summed E-state index contributed by atoms with van der Waals surface area (Å²) in [5, 5.41) is 3.46. The number of nitrogens with zero attached hydrogens (tertiary/aromatic N) is 2. The van der Waals surface area contributed by atoms with Crippen molar-refractivity contribution in [1.29, 1.82) is 0 Å². The Kier molecular flexibility index (Phi) is 5.46. The van der Waals surface area contributed by atoms with E-state index in [0.29, 0.717) is 11.0 Å². The zero-order chi connectivity index (χ0) is 15.5. The lowest BCUT2D eigenvalue weighted by Crippen LogP contribution is -2.49. The lowest BCUT2D eigenvalue weighted by atomic mass is 10.1. The van der Waals surface area contributed by atoms with Crippen LogP contribution in [-0.4, -0.2) is 40.7 Å². The molecule has 1 aliphatic heterocycles. The third-order valence-corrected chi connectivity index (χ3v) is 4.28. The summed E-state index contributed by atoms with van der Waals surface area (Å²) in [6.07, 6.45) is 3.61. The number of carbonyl (C=O) groups is 1. The molecule has 1 aromatic heterocycles. The second-order valence-electron chi connectivity index (χ2n) is 6.23. The van der Waals surface area contributed by atoms with Gasteiger partial charge in [0, 0.05) is 36.8 Å². The van der Waals surface area contributed by atoms with Crippen molar-refractivity contribution in [2.45, 2.75) is 51.8 Å². The molecule has 2 rings (SSSR count). The maximum absolute atomic E-state index is 12.1. The van der Waals surface area contributed by atoms with Gasteiger partial charge in [0.25, 0.3) is 0 Å². The fraction of sp³-hybridized carbons (Fsp3) is 0.714. The molecule has 0 aromatic carbocycles. The van der Waals surface area contributed by atoms with Crippen molar-refractivity contribution in [3.63, 3.8) is 0 Å². The Morgan fingerprint density at radius 3 is 3.00 bits per heavy atom. The number of likely N-dealkylation sites (tertiary alicyclic amines) is 1. The highest BCUT2D eigenvalue weighted by Gasteiger charge is 2.27. The van der Waals surface area contributed by atoms with Gasteiger partial charge in [-0.05, 0) is 33.6 Å². The molecule has 7 heteroatoms. The van der Waals surface area contributed by atoms with Crippen molar-refractivity contribution in [3.8, 4) is 0 Å². The molecule has 2 heterocycles. The topological polar surface area (TPSA) is 54.5 Å². The smallest absolute Gasteiger partial charge is 0.410 e. The summed E-state index contributed by atoms with van der Waals surface area (Å²) in [7, 11) is 0. The van der Waals surface area contributed by atoms with Crippen LogP contribution in [0.2, 0.25) is 4.47 Å². The standard InChI is InChI=1S/C14H22ClN3O2S/c1-14(2,3)20-13(19)18-6-4-5-10(9-18)16-7-11-8-17-12(15)21-11/h8,10,16H,4-7,9H2,1-3H3/t10-/m0/s1. The van der Waals surface area contributed by atoms with Gasteiger partial charge in [0.15, 0.2) is 4.47 Å². The molecule has 1 aliphatic rings. The molecule has 0 aliphatic carbocycles. The monoisotopic (exact) mass is 331 g/mol. The zero-order valence-electron chi connectivity index (χ0n) is 12.7. The quantitative estimate of drug-likeness (QED) is 0.923. The number of carbonyl (C=O) groups excluding carboxylic acids is 1. The lowest BCUT2D eigenvalue weighted by Gasteiger charge is -2.34. The first kappa shape index (κ1) is 16.5. The fourth-order valence-corrected chi connectivity index (χ4v) is 3.18. The van der Waals surface area contributed by atoms with Crippen LogP contribution >= 0.6 is 22.9 Å².